The average Bonchev–Trinajstić information content (AvgIpc) is 3.05. The highest BCUT2D eigenvalue weighted by molar-refractivity contribution is 8.00. The molecule has 0 saturated carbocycles. The summed E-state index contributed by atoms with van der Waals surface area (Å²) in [5.41, 5.74) is 5.67. The van der Waals surface area contributed by atoms with E-state index in [4.69, 9.17) is 10.6 Å². The quantitative estimate of drug-likeness (QED) is 0.327. The van der Waals surface area contributed by atoms with Gasteiger partial charge in [-0.1, -0.05) is 5.16 Å². The molecule has 10 nitrogen and oxygen atoms in total. The molecule has 1 fully saturated rings. The second-order valence-corrected chi connectivity index (χ2v) is 8.07. The van der Waals surface area contributed by atoms with E-state index >= 15 is 0 Å². The summed E-state index contributed by atoms with van der Waals surface area (Å²) < 4.78 is 0. The molecule has 2 aliphatic heterocycles. The van der Waals surface area contributed by atoms with Crippen molar-refractivity contribution in [1.29, 1.82) is 0 Å². The SMILES string of the molecule is CCON=C(C(=O)NC1C(=O)N2C(C(=O)O)=CC(C)S[C@H]12)c1csc(N)n1.Cl. The van der Waals surface area contributed by atoms with Crippen LogP contribution in [0.5, 0.6) is 0 Å². The van der Waals surface area contributed by atoms with Gasteiger partial charge >= 0.3 is 5.97 Å². The number of carbonyl (C=O) groups excluding carboxylic acids is 2. The molecule has 0 spiro atoms. The zero-order valence-electron chi connectivity index (χ0n) is 14.8. The number of aromatic nitrogens is 1. The van der Waals surface area contributed by atoms with Crippen molar-refractivity contribution in [2.24, 2.45) is 5.16 Å². The molecule has 152 valence electrons. The van der Waals surface area contributed by atoms with Crippen LogP contribution in [0.25, 0.3) is 0 Å². The molecule has 1 aromatic rings. The van der Waals surface area contributed by atoms with Gasteiger partial charge in [-0.2, -0.15) is 0 Å². The first-order chi connectivity index (χ1) is 12.8. The highest BCUT2D eigenvalue weighted by atomic mass is 35.5. The number of thiazole rings is 1. The van der Waals surface area contributed by atoms with Gasteiger partial charge in [-0.3, -0.25) is 14.5 Å². The van der Waals surface area contributed by atoms with Crippen LogP contribution in [0.1, 0.15) is 19.5 Å². The molecule has 0 radical (unpaired) electrons. The van der Waals surface area contributed by atoms with Crippen LogP contribution in [0, 0.1) is 0 Å². The van der Waals surface area contributed by atoms with Crippen LogP contribution < -0.4 is 11.1 Å². The normalized spacial score (nSPS) is 23.7. The highest BCUT2D eigenvalue weighted by Gasteiger charge is 2.54. The lowest BCUT2D eigenvalue weighted by atomic mass is 10.0. The fraction of sp³-hybridized carbons (Fsp3) is 0.400. The van der Waals surface area contributed by atoms with E-state index in [9.17, 15) is 19.5 Å². The summed E-state index contributed by atoms with van der Waals surface area (Å²) in [5, 5.41) is 16.9. The molecule has 3 rings (SSSR count). The maximum Gasteiger partial charge on any atom is 0.352 e. The number of carboxylic acids is 1. The minimum Gasteiger partial charge on any atom is -0.477 e. The Balaban J connectivity index is 0.00000280. The van der Waals surface area contributed by atoms with E-state index in [1.807, 2.05) is 6.92 Å². The van der Waals surface area contributed by atoms with Gasteiger partial charge in [0.05, 0.1) is 0 Å². The first-order valence-corrected chi connectivity index (χ1v) is 9.81. The summed E-state index contributed by atoms with van der Waals surface area (Å²) in [5.74, 6) is -2.32. The smallest absolute Gasteiger partial charge is 0.352 e. The van der Waals surface area contributed by atoms with Gasteiger partial charge in [0.15, 0.2) is 10.8 Å². The van der Waals surface area contributed by atoms with Crippen molar-refractivity contribution in [3.05, 3.63) is 22.8 Å². The summed E-state index contributed by atoms with van der Waals surface area (Å²) in [6.07, 6.45) is 1.51. The Hall–Kier alpha value is -2.31. The molecule has 3 atom stereocenters. The molecule has 1 saturated heterocycles. The van der Waals surface area contributed by atoms with E-state index < -0.39 is 29.2 Å². The number of aliphatic carboxylic acids is 1. The molecular formula is C15H18ClN5O5S2. The predicted molar refractivity (Wildman–Crippen MR) is 107 cm³/mol. The van der Waals surface area contributed by atoms with Gasteiger partial charge in [-0.15, -0.1) is 35.5 Å². The van der Waals surface area contributed by atoms with Crippen molar-refractivity contribution in [2.75, 3.05) is 12.3 Å². The minimum atomic E-state index is -1.18. The van der Waals surface area contributed by atoms with E-state index in [2.05, 4.69) is 15.5 Å². The topological polar surface area (TPSA) is 147 Å². The Kier molecular flexibility index (Phi) is 6.91. The monoisotopic (exact) mass is 447 g/mol. The number of nitrogen functional groups attached to an aromatic ring is 1. The highest BCUT2D eigenvalue weighted by Crippen LogP contribution is 2.40. The minimum absolute atomic E-state index is 0. The molecule has 13 heteroatoms. The van der Waals surface area contributed by atoms with Crippen molar-refractivity contribution in [3.63, 3.8) is 0 Å². The molecule has 2 amide bonds. The van der Waals surface area contributed by atoms with Gasteiger partial charge in [0.25, 0.3) is 11.8 Å². The maximum absolute atomic E-state index is 12.7. The molecule has 4 N–H and O–H groups in total. The van der Waals surface area contributed by atoms with Gasteiger partial charge in [-0.05, 0) is 19.9 Å². The van der Waals surface area contributed by atoms with Crippen LogP contribution in [0.2, 0.25) is 0 Å². The Morgan fingerprint density at radius 3 is 2.79 bits per heavy atom. The Bertz CT molecular complexity index is 858. The number of nitrogens with one attached hydrogen (secondary N) is 1. The van der Waals surface area contributed by atoms with Crippen LogP contribution in [0.15, 0.2) is 22.3 Å². The first kappa shape index (κ1) is 22.0. The molecule has 2 unspecified atom stereocenters. The number of anilines is 1. The molecule has 1 aromatic heterocycles. The number of fused-ring (bicyclic) bond motifs is 1. The lowest BCUT2D eigenvalue weighted by molar-refractivity contribution is -0.150. The van der Waals surface area contributed by atoms with Crippen LogP contribution in [0.3, 0.4) is 0 Å². The van der Waals surface area contributed by atoms with E-state index in [-0.39, 0.29) is 46.5 Å². The second kappa shape index (κ2) is 8.80. The number of hydrogen-bond acceptors (Lipinski definition) is 9. The molecule has 0 bridgehead atoms. The fourth-order valence-electron chi connectivity index (χ4n) is 2.67. The van der Waals surface area contributed by atoms with Gasteiger partial charge < -0.3 is 21.0 Å². The number of rotatable bonds is 6. The van der Waals surface area contributed by atoms with Crippen molar-refractivity contribution >= 4 is 64.1 Å². The van der Waals surface area contributed by atoms with Crippen LogP contribution in [0.4, 0.5) is 5.13 Å². The fourth-order valence-corrected chi connectivity index (χ4v) is 4.54. The second-order valence-electron chi connectivity index (χ2n) is 5.68. The predicted octanol–water partition coefficient (Wildman–Crippen LogP) is 0.645. The summed E-state index contributed by atoms with van der Waals surface area (Å²) in [6, 6.07) is -0.865. The Morgan fingerprint density at radius 2 is 2.21 bits per heavy atom. The zero-order valence-corrected chi connectivity index (χ0v) is 17.3. The summed E-state index contributed by atoms with van der Waals surface area (Å²) in [7, 11) is 0. The van der Waals surface area contributed by atoms with E-state index in [0.717, 1.165) is 11.3 Å². The van der Waals surface area contributed by atoms with E-state index in [0.29, 0.717) is 0 Å². The van der Waals surface area contributed by atoms with Gasteiger partial charge in [0, 0.05) is 10.6 Å². The van der Waals surface area contributed by atoms with Crippen molar-refractivity contribution < 1.29 is 24.3 Å². The van der Waals surface area contributed by atoms with Crippen molar-refractivity contribution in [1.82, 2.24) is 15.2 Å². The summed E-state index contributed by atoms with van der Waals surface area (Å²) in [4.78, 5) is 46.6. The molecule has 3 heterocycles. The van der Waals surface area contributed by atoms with Gasteiger partial charge in [0.1, 0.15) is 29.4 Å². The van der Waals surface area contributed by atoms with Crippen LogP contribution >= 0.6 is 35.5 Å². The number of carbonyl (C=O) groups is 3. The molecule has 28 heavy (non-hydrogen) atoms. The van der Waals surface area contributed by atoms with E-state index in [1.165, 1.54) is 22.7 Å². The average molecular weight is 448 g/mol. The lowest BCUT2D eigenvalue weighted by Gasteiger charge is -2.49. The first-order valence-electron chi connectivity index (χ1n) is 7.99. The van der Waals surface area contributed by atoms with E-state index in [1.54, 1.807) is 12.3 Å². The molecule has 0 aliphatic carbocycles. The summed E-state index contributed by atoms with van der Waals surface area (Å²) in [6.45, 7) is 3.78. The number of halogens is 1. The third-order valence-corrected chi connectivity index (χ3v) is 5.82. The van der Waals surface area contributed by atoms with Crippen LogP contribution in [-0.4, -0.2) is 61.8 Å². The number of β-lactam (4-membered cyclic amide) rings is 1. The number of oxime groups is 1. The molecule has 0 aromatic carbocycles. The largest absolute Gasteiger partial charge is 0.477 e. The van der Waals surface area contributed by atoms with Crippen LogP contribution in [-0.2, 0) is 19.2 Å². The zero-order chi connectivity index (χ0) is 19.7. The Morgan fingerprint density at radius 1 is 1.50 bits per heavy atom. The molecule has 2 aliphatic rings. The van der Waals surface area contributed by atoms with Crippen molar-refractivity contribution in [3.8, 4) is 0 Å². The third-order valence-electron chi connectivity index (χ3n) is 3.82. The van der Waals surface area contributed by atoms with Crippen molar-refractivity contribution in [2.45, 2.75) is 30.5 Å². The Labute approximate surface area is 174 Å². The number of nitrogens with zero attached hydrogens (tertiary/aromatic N) is 3. The number of amides is 2. The van der Waals surface area contributed by atoms with Gasteiger partial charge in [0.2, 0.25) is 0 Å². The number of carboxylic acid groups (broad SMARTS) is 1. The lowest BCUT2D eigenvalue weighted by Crippen LogP contribution is -2.71. The number of thioether (sulfide) groups is 1. The summed E-state index contributed by atoms with van der Waals surface area (Å²) >= 11 is 2.53. The standard InChI is InChI=1S/C15H17N5O5S2.ClH/c1-3-25-19-9(7-5-26-15(16)17-7)11(21)18-10-12(22)20-8(14(23)24)4-6(2)27-13(10)20;/h4-6,10,13H,3H2,1-2H3,(H2,16,17)(H,18,21)(H,23,24);1H/t6?,10?,13-;/m1./s1. The maximum atomic E-state index is 12.7. The number of nitrogens with two attached hydrogens (primary N) is 1. The van der Waals surface area contributed by atoms with Gasteiger partial charge in [-0.25, -0.2) is 9.78 Å². The third kappa shape index (κ3) is 4.08. The molecular weight excluding hydrogens is 430 g/mol. The number of hydrogen-bond donors (Lipinski definition) is 3.